The van der Waals surface area contributed by atoms with Crippen molar-refractivity contribution in [3.05, 3.63) is 59.2 Å². The Morgan fingerprint density at radius 3 is 2.70 bits per heavy atom. The highest BCUT2D eigenvalue weighted by Gasteiger charge is 2.31. The van der Waals surface area contributed by atoms with Crippen LogP contribution in [-0.2, 0) is 17.9 Å². The van der Waals surface area contributed by atoms with E-state index in [1.807, 2.05) is 18.2 Å². The zero-order chi connectivity index (χ0) is 23.4. The van der Waals surface area contributed by atoms with Gasteiger partial charge in [0.05, 0.1) is 6.61 Å². The third-order valence-corrected chi connectivity index (χ3v) is 6.33. The number of amides is 2. The smallest absolute Gasteiger partial charge is 0.262 e. The second kappa shape index (κ2) is 9.98. The molecule has 0 atom stereocenters. The molecule has 0 radical (unpaired) electrons. The van der Waals surface area contributed by atoms with Crippen LogP contribution in [0.4, 0.5) is 5.69 Å². The number of phenolic OH excluding ortho intramolecular Hbond substituents is 2. The molecule has 1 fully saturated rings. The number of carbonyl (C=O) groups is 2. The minimum Gasteiger partial charge on any atom is -0.508 e. The van der Waals surface area contributed by atoms with Gasteiger partial charge < -0.3 is 25.2 Å². The van der Waals surface area contributed by atoms with Crippen molar-refractivity contribution in [1.82, 2.24) is 4.90 Å². The molecule has 1 heterocycles. The third kappa shape index (κ3) is 5.13. The van der Waals surface area contributed by atoms with E-state index in [0.717, 1.165) is 30.0 Å². The second-order valence-corrected chi connectivity index (χ2v) is 8.75. The molecule has 0 spiro atoms. The van der Waals surface area contributed by atoms with Crippen molar-refractivity contribution in [2.45, 2.75) is 52.1 Å². The number of allylic oxidation sites excluding steroid dienone is 1. The van der Waals surface area contributed by atoms with E-state index < -0.39 is 0 Å². The number of anilines is 1. The first-order valence-electron chi connectivity index (χ1n) is 11.5. The Labute approximate surface area is 193 Å². The largest absolute Gasteiger partial charge is 0.508 e. The summed E-state index contributed by atoms with van der Waals surface area (Å²) in [5, 5.41) is 23.4. The summed E-state index contributed by atoms with van der Waals surface area (Å²) in [6, 6.07) is 8.12. The number of aromatic hydroxyl groups is 2. The van der Waals surface area contributed by atoms with Gasteiger partial charge in [0.25, 0.3) is 5.91 Å². The van der Waals surface area contributed by atoms with Crippen LogP contribution in [-0.4, -0.2) is 33.5 Å². The Morgan fingerprint density at radius 1 is 1.15 bits per heavy atom. The van der Waals surface area contributed by atoms with Gasteiger partial charge in [-0.25, -0.2) is 0 Å². The number of rotatable bonds is 6. The second-order valence-electron chi connectivity index (χ2n) is 8.75. The Bertz CT molecular complexity index is 1070. The number of nitrogens with one attached hydrogen (secondary N) is 1. The molecule has 33 heavy (non-hydrogen) atoms. The summed E-state index contributed by atoms with van der Waals surface area (Å²) in [4.78, 5) is 27.1. The van der Waals surface area contributed by atoms with E-state index in [0.29, 0.717) is 31.3 Å². The zero-order valence-corrected chi connectivity index (χ0v) is 18.8. The van der Waals surface area contributed by atoms with Gasteiger partial charge in [0, 0.05) is 36.5 Å². The lowest BCUT2D eigenvalue weighted by Crippen LogP contribution is -2.26. The number of hydrogen-bond acceptors (Lipinski definition) is 5. The number of benzene rings is 2. The van der Waals surface area contributed by atoms with Crippen LogP contribution in [0.1, 0.15) is 60.5 Å². The molecule has 4 rings (SSSR count). The first kappa shape index (κ1) is 22.7. The van der Waals surface area contributed by atoms with Crippen LogP contribution >= 0.6 is 0 Å². The number of carbonyl (C=O) groups excluding carboxylic acids is 2. The van der Waals surface area contributed by atoms with Crippen LogP contribution in [0.25, 0.3) is 0 Å². The fourth-order valence-electron chi connectivity index (χ4n) is 4.64. The molecule has 7 heteroatoms. The summed E-state index contributed by atoms with van der Waals surface area (Å²) in [5.74, 6) is -0.470. The van der Waals surface area contributed by atoms with Gasteiger partial charge in [-0.05, 0) is 43.4 Å². The monoisotopic (exact) mass is 450 g/mol. The molecule has 3 N–H and O–H groups in total. The number of fused-ring (bicyclic) bond motifs is 1. The third-order valence-electron chi connectivity index (χ3n) is 6.33. The summed E-state index contributed by atoms with van der Waals surface area (Å²) >= 11 is 0. The Balaban J connectivity index is 1.54. The molecular weight excluding hydrogens is 420 g/mol. The minimum absolute atomic E-state index is 0.0518. The van der Waals surface area contributed by atoms with Gasteiger partial charge in [0.2, 0.25) is 5.91 Å². The molecule has 7 nitrogen and oxygen atoms in total. The molecule has 0 unspecified atom stereocenters. The van der Waals surface area contributed by atoms with E-state index in [9.17, 15) is 19.8 Å². The lowest BCUT2D eigenvalue weighted by Gasteiger charge is -2.23. The van der Waals surface area contributed by atoms with Gasteiger partial charge in [-0.2, -0.15) is 0 Å². The Kier molecular flexibility index (Phi) is 6.87. The number of nitrogens with zero attached hydrogens (tertiary/aromatic N) is 1. The van der Waals surface area contributed by atoms with Crippen molar-refractivity contribution in [1.29, 1.82) is 0 Å². The lowest BCUT2D eigenvalue weighted by atomic mass is 9.90. The maximum Gasteiger partial charge on any atom is 0.262 e. The summed E-state index contributed by atoms with van der Waals surface area (Å²) in [7, 11) is 0. The van der Waals surface area contributed by atoms with Crippen molar-refractivity contribution in [3.8, 4) is 17.2 Å². The van der Waals surface area contributed by atoms with Crippen LogP contribution in [0, 0.1) is 5.92 Å². The summed E-state index contributed by atoms with van der Waals surface area (Å²) < 4.78 is 5.97. The first-order chi connectivity index (χ1) is 16.0. The standard InChI is InChI=1S/C26H30N2O5/c1-2-7-24(31)27-21-11-6-10-18-14-28(15-20(18)21)26(32)25-22(30)12-19(29)13-23(25)33-16-17-8-4-3-5-9-17/h2,6-7,10-13,17,29-30H,3-5,8-9,14-16H2,1H3,(H,27,31)/b7-2+. The van der Waals surface area contributed by atoms with Crippen LogP contribution in [0.15, 0.2) is 42.5 Å². The lowest BCUT2D eigenvalue weighted by molar-refractivity contribution is -0.111. The summed E-state index contributed by atoms with van der Waals surface area (Å²) in [6.07, 6.45) is 8.85. The molecule has 0 aromatic heterocycles. The Hall–Kier alpha value is -3.48. The molecular formula is C26H30N2O5. The summed E-state index contributed by atoms with van der Waals surface area (Å²) in [6.45, 7) is 2.87. The predicted molar refractivity (Wildman–Crippen MR) is 125 cm³/mol. The van der Waals surface area contributed by atoms with Crippen molar-refractivity contribution >= 4 is 17.5 Å². The molecule has 2 aromatic rings. The minimum atomic E-state index is -0.381. The average molecular weight is 451 g/mol. The normalized spacial score (nSPS) is 16.1. The van der Waals surface area contributed by atoms with Gasteiger partial charge in [-0.15, -0.1) is 0 Å². The van der Waals surface area contributed by atoms with Crippen molar-refractivity contribution < 1.29 is 24.5 Å². The molecule has 1 aliphatic carbocycles. The first-order valence-corrected chi connectivity index (χ1v) is 11.5. The topological polar surface area (TPSA) is 99.1 Å². The predicted octanol–water partition coefficient (Wildman–Crippen LogP) is 4.73. The van der Waals surface area contributed by atoms with Gasteiger partial charge in [0.1, 0.15) is 22.8 Å². The van der Waals surface area contributed by atoms with Crippen molar-refractivity contribution in [2.75, 3.05) is 11.9 Å². The highest BCUT2D eigenvalue weighted by atomic mass is 16.5. The van der Waals surface area contributed by atoms with Gasteiger partial charge in [-0.3, -0.25) is 9.59 Å². The quantitative estimate of drug-likeness (QED) is 0.553. The van der Waals surface area contributed by atoms with E-state index in [-0.39, 0.29) is 34.6 Å². The number of hydrogen-bond donors (Lipinski definition) is 3. The van der Waals surface area contributed by atoms with E-state index >= 15 is 0 Å². The van der Waals surface area contributed by atoms with Crippen LogP contribution in [0.3, 0.4) is 0 Å². The van der Waals surface area contributed by atoms with Crippen LogP contribution < -0.4 is 10.1 Å². The van der Waals surface area contributed by atoms with Gasteiger partial charge in [0.15, 0.2) is 0 Å². The average Bonchev–Trinajstić information content (AvgIpc) is 3.23. The maximum absolute atomic E-state index is 13.5. The van der Waals surface area contributed by atoms with Gasteiger partial charge >= 0.3 is 0 Å². The SMILES string of the molecule is C/C=C/C(=O)Nc1cccc2c1CN(C(=O)c1c(O)cc(O)cc1OCC1CCCCC1)C2. The molecule has 2 aromatic carbocycles. The van der Waals surface area contributed by atoms with E-state index in [1.54, 1.807) is 17.9 Å². The van der Waals surface area contributed by atoms with Crippen LogP contribution in [0.2, 0.25) is 0 Å². The molecule has 1 aliphatic heterocycles. The summed E-state index contributed by atoms with van der Waals surface area (Å²) in [5.41, 5.74) is 2.52. The molecule has 2 amide bonds. The van der Waals surface area contributed by atoms with Gasteiger partial charge in [-0.1, -0.05) is 37.5 Å². The van der Waals surface area contributed by atoms with Crippen molar-refractivity contribution in [2.24, 2.45) is 5.92 Å². The molecule has 1 saturated carbocycles. The highest BCUT2D eigenvalue weighted by Crippen LogP contribution is 2.38. The van der Waals surface area contributed by atoms with Crippen molar-refractivity contribution in [3.63, 3.8) is 0 Å². The van der Waals surface area contributed by atoms with E-state index in [1.165, 1.54) is 31.4 Å². The number of ether oxygens (including phenoxy) is 1. The fraction of sp³-hybridized carbons (Fsp3) is 0.385. The molecule has 0 saturated heterocycles. The zero-order valence-electron chi connectivity index (χ0n) is 18.8. The molecule has 174 valence electrons. The van der Waals surface area contributed by atoms with E-state index in [4.69, 9.17) is 4.74 Å². The Morgan fingerprint density at radius 2 is 1.94 bits per heavy atom. The molecule has 2 aliphatic rings. The highest BCUT2D eigenvalue weighted by molar-refractivity contribution is 6.01. The maximum atomic E-state index is 13.5. The molecule has 0 bridgehead atoms. The fourth-order valence-corrected chi connectivity index (χ4v) is 4.64. The van der Waals surface area contributed by atoms with E-state index in [2.05, 4.69) is 5.32 Å². The van der Waals surface area contributed by atoms with Crippen LogP contribution in [0.5, 0.6) is 17.2 Å². The number of phenols is 2.